The number of carbonyl (C=O) groups excluding carboxylic acids is 3. The molecule has 4 amide bonds. The van der Waals surface area contributed by atoms with Crippen LogP contribution >= 0.6 is 0 Å². The van der Waals surface area contributed by atoms with Crippen LogP contribution in [0.3, 0.4) is 0 Å². The van der Waals surface area contributed by atoms with Gasteiger partial charge in [-0.25, -0.2) is 4.79 Å². The number of imide groups is 1. The summed E-state index contributed by atoms with van der Waals surface area (Å²) in [4.78, 5) is 38.5. The zero-order valence-electron chi connectivity index (χ0n) is 16.4. The summed E-state index contributed by atoms with van der Waals surface area (Å²) in [5, 5.41) is 5.36. The number of benzene rings is 2. The van der Waals surface area contributed by atoms with Gasteiger partial charge in [-0.3, -0.25) is 14.5 Å². The highest BCUT2D eigenvalue weighted by atomic mass is 16.5. The minimum Gasteiger partial charge on any atom is -0.489 e. The normalized spacial score (nSPS) is 18.3. The third-order valence-corrected chi connectivity index (χ3v) is 4.55. The van der Waals surface area contributed by atoms with Crippen molar-refractivity contribution in [1.29, 1.82) is 0 Å². The Morgan fingerprint density at radius 3 is 2.41 bits per heavy atom. The van der Waals surface area contributed by atoms with E-state index in [2.05, 4.69) is 17.2 Å². The fraction of sp³-hybridized carbons (Fsp3) is 0.227. The summed E-state index contributed by atoms with van der Waals surface area (Å²) in [6, 6.07) is 15.1. The number of para-hydroxylation sites is 1. The number of urea groups is 1. The van der Waals surface area contributed by atoms with Crippen LogP contribution in [0.1, 0.15) is 19.4 Å². The monoisotopic (exact) mass is 393 g/mol. The maximum atomic E-state index is 12.9. The Morgan fingerprint density at radius 1 is 1.14 bits per heavy atom. The summed E-state index contributed by atoms with van der Waals surface area (Å²) < 4.78 is 5.56. The van der Waals surface area contributed by atoms with Crippen molar-refractivity contribution < 1.29 is 19.1 Å². The first-order chi connectivity index (χ1) is 13.8. The molecule has 150 valence electrons. The first kappa shape index (κ1) is 20.1. The molecule has 1 heterocycles. The molecule has 0 spiro atoms. The topological polar surface area (TPSA) is 87.7 Å². The van der Waals surface area contributed by atoms with Gasteiger partial charge in [-0.1, -0.05) is 36.9 Å². The number of anilines is 1. The number of ether oxygens (including phenoxy) is 1. The van der Waals surface area contributed by atoms with Crippen LogP contribution in [-0.4, -0.2) is 35.9 Å². The van der Waals surface area contributed by atoms with E-state index in [-0.39, 0.29) is 6.54 Å². The number of nitrogens with zero attached hydrogens (tertiary/aromatic N) is 1. The molecule has 0 radical (unpaired) electrons. The van der Waals surface area contributed by atoms with Crippen LogP contribution in [0.4, 0.5) is 10.5 Å². The molecular formula is C22H23N3O4. The summed E-state index contributed by atoms with van der Waals surface area (Å²) in [5.41, 5.74) is 0.836. The van der Waals surface area contributed by atoms with Crippen molar-refractivity contribution in [3.63, 3.8) is 0 Å². The van der Waals surface area contributed by atoms with Crippen LogP contribution in [0.2, 0.25) is 0 Å². The number of hydrogen-bond donors (Lipinski definition) is 2. The van der Waals surface area contributed by atoms with Gasteiger partial charge in [0, 0.05) is 5.69 Å². The summed E-state index contributed by atoms with van der Waals surface area (Å²) in [5.74, 6) is -0.301. The van der Waals surface area contributed by atoms with Gasteiger partial charge in [-0.15, -0.1) is 0 Å². The van der Waals surface area contributed by atoms with Crippen molar-refractivity contribution in [2.45, 2.75) is 19.4 Å². The van der Waals surface area contributed by atoms with Gasteiger partial charge in [0.15, 0.2) is 0 Å². The lowest BCUT2D eigenvalue weighted by Gasteiger charge is -2.22. The minimum absolute atomic E-state index is 0.366. The van der Waals surface area contributed by atoms with E-state index in [9.17, 15) is 14.4 Å². The van der Waals surface area contributed by atoms with E-state index < -0.39 is 23.4 Å². The highest BCUT2D eigenvalue weighted by molar-refractivity contribution is 6.10. The van der Waals surface area contributed by atoms with E-state index in [1.165, 1.54) is 0 Å². The van der Waals surface area contributed by atoms with Gasteiger partial charge in [-0.2, -0.15) is 0 Å². The fourth-order valence-corrected chi connectivity index (χ4v) is 2.99. The van der Waals surface area contributed by atoms with E-state index in [4.69, 9.17) is 4.74 Å². The predicted molar refractivity (Wildman–Crippen MR) is 109 cm³/mol. The molecule has 2 N–H and O–H groups in total. The Balaban J connectivity index is 1.69. The van der Waals surface area contributed by atoms with Crippen molar-refractivity contribution in [2.24, 2.45) is 0 Å². The zero-order chi connectivity index (χ0) is 21.0. The number of rotatable bonds is 7. The summed E-state index contributed by atoms with van der Waals surface area (Å²) in [6.07, 6.45) is 0. The molecule has 0 aromatic heterocycles. The molecule has 3 rings (SSSR count). The molecule has 7 heteroatoms. The predicted octanol–water partition coefficient (Wildman–Crippen LogP) is 3.05. The molecule has 0 aliphatic carbocycles. The molecular weight excluding hydrogens is 370 g/mol. The van der Waals surface area contributed by atoms with Crippen molar-refractivity contribution in [3.8, 4) is 5.75 Å². The largest absolute Gasteiger partial charge is 0.489 e. The Hall–Kier alpha value is -3.61. The molecule has 1 aliphatic rings. The quantitative estimate of drug-likeness (QED) is 0.559. The SMILES string of the molecule is C=C(C)COc1ccc(C2(C)NC(=O)N(CC(=O)Nc3ccccc3)C2=O)cc1. The highest BCUT2D eigenvalue weighted by Crippen LogP contribution is 2.30. The maximum absolute atomic E-state index is 12.9. The van der Waals surface area contributed by atoms with Crippen molar-refractivity contribution in [1.82, 2.24) is 10.2 Å². The van der Waals surface area contributed by atoms with Crippen molar-refractivity contribution in [2.75, 3.05) is 18.5 Å². The molecule has 2 aromatic carbocycles. The van der Waals surface area contributed by atoms with E-state index in [1.807, 2.05) is 13.0 Å². The van der Waals surface area contributed by atoms with Gasteiger partial charge < -0.3 is 15.4 Å². The van der Waals surface area contributed by atoms with Gasteiger partial charge >= 0.3 is 6.03 Å². The standard InChI is InChI=1S/C22H23N3O4/c1-15(2)14-29-18-11-9-16(10-12-18)22(3)20(27)25(21(28)24-22)13-19(26)23-17-7-5-4-6-8-17/h4-12H,1,13-14H2,2-3H3,(H,23,26)(H,24,28). The maximum Gasteiger partial charge on any atom is 0.325 e. The molecule has 1 unspecified atom stereocenters. The first-order valence-electron chi connectivity index (χ1n) is 9.16. The fourth-order valence-electron chi connectivity index (χ4n) is 2.99. The number of nitrogens with one attached hydrogen (secondary N) is 2. The third kappa shape index (κ3) is 4.45. The second-order valence-electron chi connectivity index (χ2n) is 7.13. The van der Waals surface area contributed by atoms with Gasteiger partial charge in [0.25, 0.3) is 5.91 Å². The van der Waals surface area contributed by atoms with Gasteiger partial charge in [0.1, 0.15) is 24.4 Å². The molecule has 0 saturated carbocycles. The first-order valence-corrected chi connectivity index (χ1v) is 9.16. The summed E-state index contributed by atoms with van der Waals surface area (Å²) in [7, 11) is 0. The Kier molecular flexibility index (Phi) is 5.68. The molecule has 0 bridgehead atoms. The lowest BCUT2D eigenvalue weighted by molar-refractivity contribution is -0.133. The van der Waals surface area contributed by atoms with E-state index >= 15 is 0 Å². The van der Waals surface area contributed by atoms with Crippen molar-refractivity contribution >= 4 is 23.5 Å². The number of hydrogen-bond acceptors (Lipinski definition) is 4. The van der Waals surface area contributed by atoms with Crippen LogP contribution in [0.25, 0.3) is 0 Å². The molecule has 29 heavy (non-hydrogen) atoms. The second kappa shape index (κ2) is 8.18. The molecule has 1 atom stereocenters. The molecule has 1 aliphatic heterocycles. The average Bonchev–Trinajstić information content (AvgIpc) is 2.91. The summed E-state index contributed by atoms with van der Waals surface area (Å²) in [6.45, 7) is 7.30. The molecule has 1 saturated heterocycles. The van der Waals surface area contributed by atoms with Crippen LogP contribution < -0.4 is 15.4 Å². The van der Waals surface area contributed by atoms with Crippen LogP contribution in [0.5, 0.6) is 5.75 Å². The van der Waals surface area contributed by atoms with Gasteiger partial charge in [0.2, 0.25) is 5.91 Å². The third-order valence-electron chi connectivity index (χ3n) is 4.55. The Bertz CT molecular complexity index is 940. The molecule has 1 fully saturated rings. The van der Waals surface area contributed by atoms with Crippen LogP contribution in [0.15, 0.2) is 66.7 Å². The van der Waals surface area contributed by atoms with Gasteiger partial charge in [0.05, 0.1) is 0 Å². The molecule has 7 nitrogen and oxygen atoms in total. The van der Waals surface area contributed by atoms with Crippen LogP contribution in [0, 0.1) is 0 Å². The smallest absolute Gasteiger partial charge is 0.325 e. The lowest BCUT2D eigenvalue weighted by Crippen LogP contribution is -2.42. The number of amides is 4. The number of carbonyl (C=O) groups is 3. The molecule has 2 aromatic rings. The van der Waals surface area contributed by atoms with E-state index in [0.717, 1.165) is 10.5 Å². The van der Waals surface area contributed by atoms with E-state index in [1.54, 1.807) is 55.5 Å². The van der Waals surface area contributed by atoms with Crippen molar-refractivity contribution in [3.05, 3.63) is 72.3 Å². The zero-order valence-corrected chi connectivity index (χ0v) is 16.4. The summed E-state index contributed by atoms with van der Waals surface area (Å²) >= 11 is 0. The highest BCUT2D eigenvalue weighted by Gasteiger charge is 2.49. The second-order valence-corrected chi connectivity index (χ2v) is 7.13. The minimum atomic E-state index is -1.25. The Labute approximate surface area is 169 Å². The van der Waals surface area contributed by atoms with Gasteiger partial charge in [-0.05, 0) is 49.2 Å². The average molecular weight is 393 g/mol. The lowest BCUT2D eigenvalue weighted by atomic mass is 9.92. The van der Waals surface area contributed by atoms with E-state index in [0.29, 0.717) is 23.6 Å². The Morgan fingerprint density at radius 2 is 1.79 bits per heavy atom. The van der Waals surface area contributed by atoms with Crippen LogP contribution in [-0.2, 0) is 15.1 Å².